The highest BCUT2D eigenvalue weighted by atomic mass is 16.6. The summed E-state index contributed by atoms with van der Waals surface area (Å²) in [4.78, 5) is 0. The van der Waals surface area contributed by atoms with Crippen molar-refractivity contribution in [3.63, 3.8) is 0 Å². The Morgan fingerprint density at radius 1 is 1.53 bits per heavy atom. The highest BCUT2D eigenvalue weighted by Crippen LogP contribution is 2.13. The summed E-state index contributed by atoms with van der Waals surface area (Å²) in [5.74, 6) is 0. The normalized spacial score (nSPS) is 29.0. The van der Waals surface area contributed by atoms with E-state index >= 15 is 0 Å². The van der Waals surface area contributed by atoms with Crippen LogP contribution in [-0.2, 0) is 14.2 Å². The number of rotatable bonds is 6. The smallest absolute Gasteiger partial charge is 0.0966 e. The first-order chi connectivity index (χ1) is 7.27. The maximum absolute atomic E-state index is 5.88. The first-order valence-electron chi connectivity index (χ1n) is 5.73. The minimum atomic E-state index is 0.128. The summed E-state index contributed by atoms with van der Waals surface area (Å²) in [6.45, 7) is 7.27. The van der Waals surface area contributed by atoms with Gasteiger partial charge in [-0.3, -0.25) is 0 Å². The number of ether oxygens (including phenoxy) is 3. The summed E-state index contributed by atoms with van der Waals surface area (Å²) in [5, 5.41) is 3.44. The van der Waals surface area contributed by atoms with E-state index in [2.05, 4.69) is 12.2 Å². The molecule has 0 radical (unpaired) electrons. The Kier molecular flexibility index (Phi) is 6.17. The van der Waals surface area contributed by atoms with E-state index < -0.39 is 0 Å². The zero-order chi connectivity index (χ0) is 11.1. The summed E-state index contributed by atoms with van der Waals surface area (Å²) >= 11 is 0. The Hall–Kier alpha value is -0.160. The third-order valence-electron chi connectivity index (χ3n) is 2.58. The van der Waals surface area contributed by atoms with E-state index in [1.165, 1.54) is 0 Å². The fourth-order valence-corrected chi connectivity index (χ4v) is 1.91. The van der Waals surface area contributed by atoms with Crippen molar-refractivity contribution in [3.05, 3.63) is 0 Å². The van der Waals surface area contributed by atoms with E-state index in [1.807, 2.05) is 6.92 Å². The number of likely N-dealkylation sites (N-methyl/N-ethyl adjacent to an activating group) is 1. The molecule has 0 bridgehead atoms. The molecule has 1 rings (SSSR count). The summed E-state index contributed by atoms with van der Waals surface area (Å²) < 4.78 is 16.4. The van der Waals surface area contributed by atoms with Crippen LogP contribution < -0.4 is 5.32 Å². The molecule has 3 atom stereocenters. The van der Waals surface area contributed by atoms with Crippen LogP contribution in [0, 0.1) is 0 Å². The molecule has 4 nitrogen and oxygen atoms in total. The second-order valence-electron chi connectivity index (χ2n) is 3.97. The summed E-state index contributed by atoms with van der Waals surface area (Å²) in [5.41, 5.74) is 0. The Labute approximate surface area is 92.3 Å². The van der Waals surface area contributed by atoms with Gasteiger partial charge in [0.1, 0.15) is 0 Å². The lowest BCUT2D eigenvalue weighted by Gasteiger charge is -2.33. The molecule has 0 saturated carbocycles. The second kappa shape index (κ2) is 7.17. The van der Waals surface area contributed by atoms with Crippen molar-refractivity contribution in [3.8, 4) is 0 Å². The van der Waals surface area contributed by atoms with Crippen molar-refractivity contribution in [2.45, 2.75) is 38.5 Å². The van der Waals surface area contributed by atoms with Gasteiger partial charge in [-0.2, -0.15) is 0 Å². The first-order valence-corrected chi connectivity index (χ1v) is 5.73. The number of hydrogen-bond acceptors (Lipinski definition) is 4. The van der Waals surface area contributed by atoms with E-state index in [9.17, 15) is 0 Å². The van der Waals surface area contributed by atoms with Gasteiger partial charge in [-0.25, -0.2) is 0 Å². The average molecular weight is 217 g/mol. The SMILES string of the molecule is CCNC1CCOCC1OC(C)COC. The van der Waals surface area contributed by atoms with E-state index in [0.717, 1.165) is 19.6 Å². The van der Waals surface area contributed by atoms with Gasteiger partial charge in [-0.05, 0) is 19.9 Å². The molecule has 3 unspecified atom stereocenters. The zero-order valence-corrected chi connectivity index (χ0v) is 9.99. The van der Waals surface area contributed by atoms with Gasteiger partial charge in [0, 0.05) is 19.8 Å². The van der Waals surface area contributed by atoms with Crippen LogP contribution in [0.15, 0.2) is 0 Å². The highest BCUT2D eigenvalue weighted by molar-refractivity contribution is 4.80. The highest BCUT2D eigenvalue weighted by Gasteiger charge is 2.27. The number of methoxy groups -OCH3 is 1. The van der Waals surface area contributed by atoms with Crippen LogP contribution in [0.3, 0.4) is 0 Å². The topological polar surface area (TPSA) is 39.7 Å². The van der Waals surface area contributed by atoms with Gasteiger partial charge in [-0.15, -0.1) is 0 Å². The molecule has 0 amide bonds. The van der Waals surface area contributed by atoms with E-state index in [-0.39, 0.29) is 12.2 Å². The standard InChI is InChI=1S/C11H23NO3/c1-4-12-10-5-6-14-8-11(10)15-9(2)7-13-3/h9-12H,4-8H2,1-3H3. The molecule has 4 heteroatoms. The van der Waals surface area contributed by atoms with Crippen LogP contribution in [-0.4, -0.2) is 51.7 Å². The molecular weight excluding hydrogens is 194 g/mol. The number of nitrogens with one attached hydrogen (secondary N) is 1. The Balaban J connectivity index is 2.34. The molecule has 1 aliphatic rings. The Bertz CT molecular complexity index is 164. The lowest BCUT2D eigenvalue weighted by molar-refractivity contribution is -0.109. The van der Waals surface area contributed by atoms with Crippen molar-refractivity contribution in [1.29, 1.82) is 0 Å². The molecule has 0 spiro atoms. The maximum Gasteiger partial charge on any atom is 0.0966 e. The summed E-state index contributed by atoms with van der Waals surface area (Å²) in [7, 11) is 1.69. The quantitative estimate of drug-likeness (QED) is 0.714. The molecule has 1 N–H and O–H groups in total. The fourth-order valence-electron chi connectivity index (χ4n) is 1.91. The monoisotopic (exact) mass is 217 g/mol. The van der Waals surface area contributed by atoms with Crippen molar-refractivity contribution >= 4 is 0 Å². The van der Waals surface area contributed by atoms with Gasteiger partial charge in [0.25, 0.3) is 0 Å². The van der Waals surface area contributed by atoms with Gasteiger partial charge < -0.3 is 19.5 Å². The average Bonchev–Trinajstić information content (AvgIpc) is 2.21. The van der Waals surface area contributed by atoms with Crippen LogP contribution >= 0.6 is 0 Å². The van der Waals surface area contributed by atoms with Gasteiger partial charge >= 0.3 is 0 Å². The van der Waals surface area contributed by atoms with Crippen LogP contribution in [0.2, 0.25) is 0 Å². The molecule has 0 aromatic carbocycles. The van der Waals surface area contributed by atoms with E-state index in [0.29, 0.717) is 19.3 Å². The lowest BCUT2D eigenvalue weighted by atomic mass is 10.1. The molecular formula is C11H23NO3. The van der Waals surface area contributed by atoms with Crippen LogP contribution in [0.25, 0.3) is 0 Å². The Morgan fingerprint density at radius 3 is 3.00 bits per heavy atom. The first kappa shape index (κ1) is 12.9. The van der Waals surface area contributed by atoms with Gasteiger partial charge in [0.05, 0.1) is 25.4 Å². The van der Waals surface area contributed by atoms with Gasteiger partial charge in [-0.1, -0.05) is 6.92 Å². The molecule has 15 heavy (non-hydrogen) atoms. The predicted octanol–water partition coefficient (Wildman–Crippen LogP) is 0.805. The van der Waals surface area contributed by atoms with Crippen molar-refractivity contribution in [2.24, 2.45) is 0 Å². The lowest BCUT2D eigenvalue weighted by Crippen LogP contribution is -2.49. The minimum Gasteiger partial charge on any atom is -0.382 e. The zero-order valence-electron chi connectivity index (χ0n) is 9.99. The maximum atomic E-state index is 5.88. The third-order valence-corrected chi connectivity index (χ3v) is 2.58. The molecule has 1 aliphatic heterocycles. The minimum absolute atomic E-state index is 0.128. The molecule has 0 aromatic rings. The van der Waals surface area contributed by atoms with Crippen molar-refractivity contribution in [2.75, 3.05) is 33.5 Å². The van der Waals surface area contributed by atoms with Crippen molar-refractivity contribution < 1.29 is 14.2 Å². The molecule has 1 heterocycles. The van der Waals surface area contributed by atoms with Crippen LogP contribution in [0.4, 0.5) is 0 Å². The molecule has 0 aromatic heterocycles. The van der Waals surface area contributed by atoms with Crippen LogP contribution in [0.1, 0.15) is 20.3 Å². The largest absolute Gasteiger partial charge is 0.382 e. The molecule has 90 valence electrons. The summed E-state index contributed by atoms with van der Waals surface area (Å²) in [6.07, 6.45) is 1.31. The van der Waals surface area contributed by atoms with E-state index in [4.69, 9.17) is 14.2 Å². The predicted molar refractivity (Wildman–Crippen MR) is 59.1 cm³/mol. The fraction of sp³-hybridized carbons (Fsp3) is 1.00. The van der Waals surface area contributed by atoms with E-state index in [1.54, 1.807) is 7.11 Å². The third kappa shape index (κ3) is 4.47. The molecule has 1 saturated heterocycles. The van der Waals surface area contributed by atoms with Crippen LogP contribution in [0.5, 0.6) is 0 Å². The van der Waals surface area contributed by atoms with Gasteiger partial charge in [0.15, 0.2) is 0 Å². The van der Waals surface area contributed by atoms with Crippen molar-refractivity contribution in [1.82, 2.24) is 5.32 Å². The Morgan fingerprint density at radius 2 is 2.33 bits per heavy atom. The number of hydrogen-bond donors (Lipinski definition) is 1. The molecule has 1 fully saturated rings. The van der Waals surface area contributed by atoms with Gasteiger partial charge in [0.2, 0.25) is 0 Å². The summed E-state index contributed by atoms with van der Waals surface area (Å²) in [6, 6.07) is 0.419. The molecule has 0 aliphatic carbocycles. The second-order valence-corrected chi connectivity index (χ2v) is 3.97.